The predicted octanol–water partition coefficient (Wildman–Crippen LogP) is 4.44. The normalized spacial score (nSPS) is 10.8. The SMILES string of the molecule is COc1ccc(OCc2nnc(SCc3cc(C)no3)n2-c2ccccc2)cc1. The van der Waals surface area contributed by atoms with Crippen LogP contribution in [0.3, 0.4) is 0 Å². The molecule has 0 radical (unpaired) electrons. The minimum atomic E-state index is 0.288. The van der Waals surface area contributed by atoms with Crippen LogP contribution < -0.4 is 9.47 Å². The number of nitrogens with zero attached hydrogens (tertiary/aromatic N) is 4. The lowest BCUT2D eigenvalue weighted by Gasteiger charge is -2.11. The first-order chi connectivity index (χ1) is 14.2. The van der Waals surface area contributed by atoms with Gasteiger partial charge in [0.2, 0.25) is 0 Å². The Hall–Kier alpha value is -3.26. The monoisotopic (exact) mass is 408 g/mol. The van der Waals surface area contributed by atoms with E-state index in [4.69, 9.17) is 14.0 Å². The van der Waals surface area contributed by atoms with Crippen molar-refractivity contribution in [2.24, 2.45) is 0 Å². The van der Waals surface area contributed by atoms with Crippen molar-refractivity contribution in [2.75, 3.05) is 7.11 Å². The largest absolute Gasteiger partial charge is 0.497 e. The number of benzene rings is 2. The number of para-hydroxylation sites is 1. The second-order valence-electron chi connectivity index (χ2n) is 6.26. The molecule has 2 heterocycles. The molecule has 0 amide bonds. The predicted molar refractivity (Wildman–Crippen MR) is 109 cm³/mol. The van der Waals surface area contributed by atoms with Gasteiger partial charge in [0.1, 0.15) is 23.9 Å². The maximum atomic E-state index is 5.92. The maximum Gasteiger partial charge on any atom is 0.196 e. The highest BCUT2D eigenvalue weighted by Crippen LogP contribution is 2.26. The number of methoxy groups -OCH3 is 1. The van der Waals surface area contributed by atoms with Crippen LogP contribution in [0.15, 0.2) is 70.3 Å². The summed E-state index contributed by atoms with van der Waals surface area (Å²) < 4.78 is 18.4. The van der Waals surface area contributed by atoms with Crippen molar-refractivity contribution in [1.29, 1.82) is 0 Å². The fraction of sp³-hybridized carbons (Fsp3) is 0.190. The van der Waals surface area contributed by atoms with Crippen LogP contribution in [-0.4, -0.2) is 27.0 Å². The molecular formula is C21H20N4O3S. The van der Waals surface area contributed by atoms with E-state index in [1.165, 1.54) is 11.8 Å². The van der Waals surface area contributed by atoms with Gasteiger partial charge in [0.25, 0.3) is 0 Å². The van der Waals surface area contributed by atoms with Crippen LogP contribution in [0, 0.1) is 6.92 Å². The van der Waals surface area contributed by atoms with Gasteiger partial charge in [-0.3, -0.25) is 4.57 Å². The summed E-state index contributed by atoms with van der Waals surface area (Å²) in [6, 6.07) is 19.3. The average molecular weight is 408 g/mol. The Labute approximate surface area is 172 Å². The highest BCUT2D eigenvalue weighted by molar-refractivity contribution is 7.98. The first kappa shape index (κ1) is 19.1. The molecule has 29 heavy (non-hydrogen) atoms. The summed E-state index contributed by atoms with van der Waals surface area (Å²) in [5, 5.41) is 13.4. The van der Waals surface area contributed by atoms with Crippen molar-refractivity contribution in [1.82, 2.24) is 19.9 Å². The third-order valence-corrected chi connectivity index (χ3v) is 5.11. The van der Waals surface area contributed by atoms with E-state index in [1.54, 1.807) is 7.11 Å². The zero-order chi connectivity index (χ0) is 20.1. The number of thioether (sulfide) groups is 1. The topological polar surface area (TPSA) is 75.2 Å². The van der Waals surface area contributed by atoms with Gasteiger partial charge in [-0.2, -0.15) is 0 Å². The Bertz CT molecular complexity index is 1060. The molecule has 0 aliphatic rings. The summed E-state index contributed by atoms with van der Waals surface area (Å²) >= 11 is 1.54. The molecule has 0 saturated carbocycles. The van der Waals surface area contributed by atoms with Gasteiger partial charge in [0, 0.05) is 11.8 Å². The third kappa shape index (κ3) is 4.60. The van der Waals surface area contributed by atoms with Gasteiger partial charge < -0.3 is 14.0 Å². The quantitative estimate of drug-likeness (QED) is 0.399. The van der Waals surface area contributed by atoms with Gasteiger partial charge >= 0.3 is 0 Å². The number of aromatic nitrogens is 4. The summed E-state index contributed by atoms with van der Waals surface area (Å²) in [7, 11) is 1.64. The van der Waals surface area contributed by atoms with E-state index in [0.717, 1.165) is 33.8 Å². The standard InChI is InChI=1S/C21H20N4O3S/c1-15-12-19(28-24-15)14-29-21-23-22-20(25(21)16-6-4-3-5-7-16)13-27-18-10-8-17(26-2)9-11-18/h3-12H,13-14H2,1-2H3. The van der Waals surface area contributed by atoms with Crippen LogP contribution in [0.25, 0.3) is 5.69 Å². The van der Waals surface area contributed by atoms with E-state index in [-0.39, 0.29) is 6.61 Å². The summed E-state index contributed by atoms with van der Waals surface area (Å²) in [6.45, 7) is 2.19. The van der Waals surface area contributed by atoms with Gasteiger partial charge in [0.15, 0.2) is 11.0 Å². The lowest BCUT2D eigenvalue weighted by atomic mass is 10.3. The first-order valence-electron chi connectivity index (χ1n) is 9.04. The highest BCUT2D eigenvalue weighted by Gasteiger charge is 2.16. The van der Waals surface area contributed by atoms with Crippen LogP contribution in [0.4, 0.5) is 0 Å². The molecule has 7 nitrogen and oxygen atoms in total. The fourth-order valence-electron chi connectivity index (χ4n) is 2.76. The maximum absolute atomic E-state index is 5.92. The van der Waals surface area contributed by atoms with Crippen molar-refractivity contribution in [3.8, 4) is 17.2 Å². The van der Waals surface area contributed by atoms with E-state index in [2.05, 4.69) is 15.4 Å². The molecule has 0 unspecified atom stereocenters. The number of ether oxygens (including phenoxy) is 2. The molecule has 2 aromatic carbocycles. The number of hydrogen-bond acceptors (Lipinski definition) is 7. The average Bonchev–Trinajstić information content (AvgIpc) is 3.37. The lowest BCUT2D eigenvalue weighted by Crippen LogP contribution is -2.06. The zero-order valence-electron chi connectivity index (χ0n) is 16.1. The zero-order valence-corrected chi connectivity index (χ0v) is 16.9. The first-order valence-corrected chi connectivity index (χ1v) is 10.0. The van der Waals surface area contributed by atoms with Crippen molar-refractivity contribution >= 4 is 11.8 Å². The van der Waals surface area contributed by atoms with Crippen molar-refractivity contribution < 1.29 is 14.0 Å². The van der Waals surface area contributed by atoms with E-state index in [0.29, 0.717) is 11.6 Å². The second kappa shape index (κ2) is 8.83. The lowest BCUT2D eigenvalue weighted by molar-refractivity contribution is 0.292. The van der Waals surface area contributed by atoms with E-state index in [9.17, 15) is 0 Å². The minimum absolute atomic E-state index is 0.288. The Morgan fingerprint density at radius 2 is 1.76 bits per heavy atom. The van der Waals surface area contributed by atoms with Crippen molar-refractivity contribution in [2.45, 2.75) is 24.4 Å². The summed E-state index contributed by atoms with van der Waals surface area (Å²) in [4.78, 5) is 0. The van der Waals surface area contributed by atoms with Crippen LogP contribution in [0.2, 0.25) is 0 Å². The summed E-state index contributed by atoms with van der Waals surface area (Å²) in [5.74, 6) is 3.64. The molecule has 4 aromatic rings. The molecule has 148 valence electrons. The molecule has 4 rings (SSSR count). The van der Waals surface area contributed by atoms with Gasteiger partial charge in [-0.15, -0.1) is 10.2 Å². The Kier molecular flexibility index (Phi) is 5.81. The van der Waals surface area contributed by atoms with Gasteiger partial charge in [-0.1, -0.05) is 35.1 Å². The highest BCUT2D eigenvalue weighted by atomic mass is 32.2. The van der Waals surface area contributed by atoms with Crippen LogP contribution in [0.1, 0.15) is 17.3 Å². The van der Waals surface area contributed by atoms with Gasteiger partial charge in [-0.25, -0.2) is 0 Å². The smallest absolute Gasteiger partial charge is 0.196 e. The molecule has 2 aromatic heterocycles. The number of hydrogen-bond donors (Lipinski definition) is 0. The summed E-state index contributed by atoms with van der Waals surface area (Å²) in [5.41, 5.74) is 1.83. The molecule has 0 fully saturated rings. The Balaban J connectivity index is 1.55. The molecule has 0 N–H and O–H groups in total. The van der Waals surface area contributed by atoms with E-state index < -0.39 is 0 Å². The second-order valence-corrected chi connectivity index (χ2v) is 7.20. The molecule has 0 saturated heterocycles. The fourth-order valence-corrected chi connectivity index (χ4v) is 3.61. The van der Waals surface area contributed by atoms with E-state index in [1.807, 2.05) is 72.2 Å². The molecule has 0 spiro atoms. The van der Waals surface area contributed by atoms with Crippen molar-refractivity contribution in [3.63, 3.8) is 0 Å². The molecule has 0 bridgehead atoms. The van der Waals surface area contributed by atoms with Gasteiger partial charge in [0.05, 0.1) is 18.6 Å². The Morgan fingerprint density at radius 1 is 1.00 bits per heavy atom. The van der Waals surface area contributed by atoms with Crippen LogP contribution in [0.5, 0.6) is 11.5 Å². The minimum Gasteiger partial charge on any atom is -0.497 e. The van der Waals surface area contributed by atoms with Crippen molar-refractivity contribution in [3.05, 3.63) is 77.9 Å². The molecule has 0 aliphatic heterocycles. The van der Waals surface area contributed by atoms with E-state index >= 15 is 0 Å². The molecule has 0 aliphatic carbocycles. The number of aryl methyl sites for hydroxylation is 1. The Morgan fingerprint density at radius 3 is 2.45 bits per heavy atom. The van der Waals surface area contributed by atoms with Gasteiger partial charge in [-0.05, 0) is 43.3 Å². The molecule has 0 atom stereocenters. The van der Waals surface area contributed by atoms with Crippen LogP contribution in [-0.2, 0) is 12.4 Å². The molecule has 8 heteroatoms. The summed E-state index contributed by atoms with van der Waals surface area (Å²) in [6.07, 6.45) is 0. The molecular weight excluding hydrogens is 388 g/mol. The number of rotatable bonds is 8. The third-order valence-electron chi connectivity index (χ3n) is 4.16. The van der Waals surface area contributed by atoms with Crippen LogP contribution >= 0.6 is 11.8 Å².